The van der Waals surface area contributed by atoms with Crippen molar-refractivity contribution in [3.05, 3.63) is 71.4 Å². The predicted molar refractivity (Wildman–Crippen MR) is 137 cm³/mol. The fourth-order valence-corrected chi connectivity index (χ4v) is 4.42. The highest BCUT2D eigenvalue weighted by Crippen LogP contribution is 2.43. The normalized spacial score (nSPS) is 14.4. The van der Waals surface area contributed by atoms with E-state index < -0.39 is 0 Å². The van der Waals surface area contributed by atoms with Gasteiger partial charge in [-0.1, -0.05) is 30.3 Å². The molecule has 1 saturated carbocycles. The molecular weight excluding hydrogens is 446 g/mol. The van der Waals surface area contributed by atoms with Crippen LogP contribution in [0.5, 0.6) is 0 Å². The van der Waals surface area contributed by atoms with Gasteiger partial charge in [0.1, 0.15) is 5.82 Å². The Hall–Kier alpha value is -3.36. The molecule has 2 heterocycles. The summed E-state index contributed by atoms with van der Waals surface area (Å²) >= 11 is 1.57. The van der Waals surface area contributed by atoms with Gasteiger partial charge in [-0.15, -0.1) is 11.3 Å². The van der Waals surface area contributed by atoms with Gasteiger partial charge in [-0.2, -0.15) is 0 Å². The van der Waals surface area contributed by atoms with Crippen molar-refractivity contribution in [3.8, 4) is 11.1 Å². The number of nitrogens with zero attached hydrogens (tertiary/aromatic N) is 3. The minimum Gasteiger partial charge on any atom is -0.307 e. The van der Waals surface area contributed by atoms with Crippen molar-refractivity contribution in [1.82, 2.24) is 14.9 Å². The van der Waals surface area contributed by atoms with Crippen LogP contribution in [0.3, 0.4) is 0 Å². The second kappa shape index (κ2) is 10.7. The molecule has 8 heteroatoms. The zero-order valence-corrected chi connectivity index (χ0v) is 20.4. The van der Waals surface area contributed by atoms with Crippen molar-refractivity contribution in [2.75, 3.05) is 31.3 Å². The van der Waals surface area contributed by atoms with E-state index in [-0.39, 0.29) is 17.7 Å². The monoisotopic (exact) mass is 475 g/mol. The van der Waals surface area contributed by atoms with Gasteiger partial charge in [0.15, 0.2) is 5.13 Å². The third-order valence-electron chi connectivity index (χ3n) is 5.60. The molecule has 2 N–H and O–H groups in total. The highest BCUT2D eigenvalue weighted by Gasteiger charge is 2.26. The molecular formula is C26H29N5O2S. The van der Waals surface area contributed by atoms with Crippen molar-refractivity contribution in [2.45, 2.75) is 31.6 Å². The van der Waals surface area contributed by atoms with Gasteiger partial charge in [-0.3, -0.25) is 9.59 Å². The fourth-order valence-electron chi connectivity index (χ4n) is 3.43. The van der Waals surface area contributed by atoms with Gasteiger partial charge >= 0.3 is 0 Å². The number of hydrogen-bond acceptors (Lipinski definition) is 6. The highest BCUT2D eigenvalue weighted by atomic mass is 32.1. The lowest BCUT2D eigenvalue weighted by Crippen LogP contribution is -2.18. The Balaban J connectivity index is 1.38. The van der Waals surface area contributed by atoms with Crippen molar-refractivity contribution < 1.29 is 9.59 Å². The van der Waals surface area contributed by atoms with E-state index in [1.807, 2.05) is 62.4 Å². The van der Waals surface area contributed by atoms with E-state index in [1.165, 1.54) is 23.8 Å². The molecule has 2 amide bonds. The van der Waals surface area contributed by atoms with Crippen LogP contribution < -0.4 is 10.6 Å². The van der Waals surface area contributed by atoms with Crippen LogP contribution in [-0.2, 0) is 9.59 Å². The lowest BCUT2D eigenvalue weighted by Gasteiger charge is -2.13. The van der Waals surface area contributed by atoms with E-state index in [9.17, 15) is 9.59 Å². The molecule has 1 unspecified atom stereocenters. The number of carbonyl (C=O) groups excluding carboxylic acids is 2. The quantitative estimate of drug-likeness (QED) is 0.431. The third-order valence-corrected chi connectivity index (χ3v) is 6.68. The number of amides is 2. The molecule has 2 aromatic heterocycles. The molecule has 0 saturated heterocycles. The first-order valence-electron chi connectivity index (χ1n) is 11.3. The molecule has 0 spiro atoms. The molecule has 1 atom stereocenters. The van der Waals surface area contributed by atoms with Crippen molar-refractivity contribution >= 4 is 34.1 Å². The molecule has 1 fully saturated rings. The van der Waals surface area contributed by atoms with Crippen LogP contribution in [0.2, 0.25) is 0 Å². The van der Waals surface area contributed by atoms with Crippen molar-refractivity contribution in [1.29, 1.82) is 0 Å². The maximum absolute atomic E-state index is 12.8. The lowest BCUT2D eigenvalue weighted by molar-refractivity contribution is -0.117. The van der Waals surface area contributed by atoms with Crippen LogP contribution in [-0.4, -0.2) is 47.3 Å². The number of hydrogen-bond donors (Lipinski definition) is 2. The number of pyridine rings is 1. The molecule has 4 rings (SSSR count). The molecule has 0 bridgehead atoms. The third kappa shape index (κ3) is 6.36. The number of anilines is 2. The molecule has 3 aromatic rings. The van der Waals surface area contributed by atoms with E-state index in [0.29, 0.717) is 23.4 Å². The van der Waals surface area contributed by atoms with Crippen LogP contribution in [0.25, 0.3) is 11.1 Å². The van der Waals surface area contributed by atoms with Crippen LogP contribution in [0, 0.1) is 0 Å². The average Bonchev–Trinajstić information content (AvgIpc) is 3.57. The Kier molecular flexibility index (Phi) is 7.49. The maximum Gasteiger partial charge on any atom is 0.249 e. The number of nitrogens with one attached hydrogen (secondary N) is 2. The van der Waals surface area contributed by atoms with Crippen LogP contribution in [0.1, 0.15) is 42.0 Å². The Bertz CT molecular complexity index is 1180. The van der Waals surface area contributed by atoms with Gasteiger partial charge in [0.25, 0.3) is 0 Å². The molecule has 176 valence electrons. The number of benzene rings is 1. The first-order valence-corrected chi connectivity index (χ1v) is 12.2. The largest absolute Gasteiger partial charge is 0.307 e. The summed E-state index contributed by atoms with van der Waals surface area (Å²) in [5.41, 5.74) is 2.78. The van der Waals surface area contributed by atoms with E-state index in [1.54, 1.807) is 29.7 Å². The predicted octanol–water partition coefficient (Wildman–Crippen LogP) is 4.88. The van der Waals surface area contributed by atoms with E-state index in [4.69, 9.17) is 0 Å². The molecule has 34 heavy (non-hydrogen) atoms. The summed E-state index contributed by atoms with van der Waals surface area (Å²) in [5, 5.41) is 6.38. The molecule has 7 nitrogen and oxygen atoms in total. The van der Waals surface area contributed by atoms with E-state index in [2.05, 4.69) is 20.6 Å². The van der Waals surface area contributed by atoms with Gasteiger partial charge in [0.2, 0.25) is 11.8 Å². The fraction of sp³-hybridized carbons (Fsp3) is 0.308. The van der Waals surface area contributed by atoms with Crippen molar-refractivity contribution in [3.63, 3.8) is 0 Å². The van der Waals surface area contributed by atoms with Gasteiger partial charge in [0.05, 0.1) is 5.92 Å². The number of rotatable bonds is 9. The average molecular weight is 476 g/mol. The van der Waals surface area contributed by atoms with Gasteiger partial charge in [0, 0.05) is 35.5 Å². The molecule has 1 aliphatic carbocycles. The van der Waals surface area contributed by atoms with Crippen LogP contribution >= 0.6 is 11.3 Å². The molecule has 0 radical (unpaired) electrons. The second-order valence-electron chi connectivity index (χ2n) is 8.76. The smallest absolute Gasteiger partial charge is 0.249 e. The molecule has 0 aliphatic heterocycles. The van der Waals surface area contributed by atoms with Crippen molar-refractivity contribution in [2.24, 2.45) is 0 Å². The van der Waals surface area contributed by atoms with Gasteiger partial charge in [-0.25, -0.2) is 9.97 Å². The Morgan fingerprint density at radius 1 is 1.12 bits per heavy atom. The van der Waals surface area contributed by atoms with E-state index >= 15 is 0 Å². The molecule has 1 aliphatic rings. The molecule has 1 aromatic carbocycles. The summed E-state index contributed by atoms with van der Waals surface area (Å²) in [6.07, 6.45) is 9.33. The minimum atomic E-state index is -0.325. The van der Waals surface area contributed by atoms with E-state index in [0.717, 1.165) is 16.7 Å². The number of aromatic nitrogens is 2. The lowest BCUT2D eigenvalue weighted by atomic mass is 9.96. The minimum absolute atomic E-state index is 0.0765. The second-order valence-corrected chi connectivity index (χ2v) is 9.83. The SMILES string of the molecule is CC(C(=O)Nc1ncc(C2CC2)s1)c1cccc(-c2ccc(NC(=O)/C=C/CN(C)C)nc2)c1. The Morgan fingerprint density at radius 3 is 2.65 bits per heavy atom. The first-order chi connectivity index (χ1) is 16.4. The topological polar surface area (TPSA) is 87.2 Å². The summed E-state index contributed by atoms with van der Waals surface area (Å²) in [7, 11) is 3.88. The van der Waals surface area contributed by atoms with Crippen LogP contribution in [0.15, 0.2) is 60.9 Å². The zero-order valence-electron chi connectivity index (χ0n) is 19.6. The zero-order chi connectivity index (χ0) is 24.1. The standard InChI is InChI=1S/C26H29N5O2S/c1-17(25(33)30-26-28-16-22(34-26)18-9-10-18)19-6-4-7-20(14-19)21-11-12-23(27-15-21)29-24(32)8-5-13-31(2)3/h4-8,11-12,14-18H,9-10,13H2,1-3H3,(H,27,29,32)(H,28,30,33)/b8-5+. The summed E-state index contributed by atoms with van der Waals surface area (Å²) in [6.45, 7) is 2.59. The summed E-state index contributed by atoms with van der Waals surface area (Å²) in [6, 6.07) is 11.6. The number of thiazole rings is 1. The summed E-state index contributed by atoms with van der Waals surface area (Å²) in [4.78, 5) is 36.8. The number of likely N-dealkylation sites (N-methyl/N-ethyl adjacent to an activating group) is 1. The Morgan fingerprint density at radius 2 is 1.94 bits per heavy atom. The maximum atomic E-state index is 12.8. The first kappa shape index (κ1) is 23.8. The highest BCUT2D eigenvalue weighted by molar-refractivity contribution is 7.15. The number of carbonyl (C=O) groups is 2. The summed E-state index contributed by atoms with van der Waals surface area (Å²) in [5.74, 6) is 0.501. The summed E-state index contributed by atoms with van der Waals surface area (Å²) < 4.78 is 0. The van der Waals surface area contributed by atoms with Gasteiger partial charge in [-0.05, 0) is 63.0 Å². The van der Waals surface area contributed by atoms with Gasteiger partial charge < -0.3 is 15.5 Å². The Labute approximate surface area is 203 Å². The van der Waals surface area contributed by atoms with Crippen LogP contribution in [0.4, 0.5) is 10.9 Å².